The third-order valence-corrected chi connectivity index (χ3v) is 4.67. The van der Waals surface area contributed by atoms with Crippen molar-refractivity contribution < 1.29 is 10.0 Å². The molecule has 0 radical (unpaired) electrons. The van der Waals surface area contributed by atoms with Gasteiger partial charge in [-0.3, -0.25) is 10.1 Å². The van der Waals surface area contributed by atoms with Crippen molar-refractivity contribution in [2.24, 2.45) is 5.92 Å². The summed E-state index contributed by atoms with van der Waals surface area (Å²) in [4.78, 5) is 11.0. The lowest BCUT2D eigenvalue weighted by Gasteiger charge is -2.22. The molecule has 114 valence electrons. The topological polar surface area (TPSA) is 87.4 Å². The summed E-state index contributed by atoms with van der Waals surface area (Å²) in [5.41, 5.74) is 2.86. The molecule has 1 aromatic rings. The second-order valence-corrected chi connectivity index (χ2v) is 5.87. The standard InChI is InChI=1S/C15H21N3O3/c19-9-7-10-2-1-3-12(10)17-15-11-6-8-16-13(11)4-5-14(15)18(20)21/h4-5,10,12,16-17,19H,1-3,6-9H2. The molecule has 0 spiro atoms. The highest BCUT2D eigenvalue weighted by Gasteiger charge is 2.31. The smallest absolute Gasteiger partial charge is 0.292 e. The summed E-state index contributed by atoms with van der Waals surface area (Å²) in [5.74, 6) is 0.403. The quantitative estimate of drug-likeness (QED) is 0.573. The van der Waals surface area contributed by atoms with Gasteiger partial charge in [0.1, 0.15) is 5.69 Å². The number of nitrogens with one attached hydrogen (secondary N) is 2. The third-order valence-electron chi connectivity index (χ3n) is 4.67. The summed E-state index contributed by atoms with van der Waals surface area (Å²) >= 11 is 0. The highest BCUT2D eigenvalue weighted by Crippen LogP contribution is 2.40. The lowest BCUT2D eigenvalue weighted by atomic mass is 9.98. The number of aliphatic hydroxyl groups excluding tert-OH is 1. The molecule has 0 amide bonds. The minimum Gasteiger partial charge on any atom is -0.396 e. The predicted molar refractivity (Wildman–Crippen MR) is 81.7 cm³/mol. The Hall–Kier alpha value is -1.82. The third kappa shape index (κ3) is 2.68. The SMILES string of the molecule is O=[N+]([O-])c1ccc2c(c1NC1CCCC1CCO)CCN2. The summed E-state index contributed by atoms with van der Waals surface area (Å²) in [6, 6.07) is 3.60. The number of anilines is 2. The molecule has 3 rings (SSSR count). The molecule has 0 bridgehead atoms. The minimum atomic E-state index is -0.309. The van der Waals surface area contributed by atoms with Gasteiger partial charge in [0.2, 0.25) is 0 Å². The largest absolute Gasteiger partial charge is 0.396 e. The van der Waals surface area contributed by atoms with Crippen molar-refractivity contribution >= 4 is 17.1 Å². The number of benzene rings is 1. The molecule has 2 unspecified atom stereocenters. The molecular formula is C15H21N3O3. The molecule has 1 aliphatic heterocycles. The van der Waals surface area contributed by atoms with Crippen molar-refractivity contribution in [3.63, 3.8) is 0 Å². The van der Waals surface area contributed by atoms with Crippen molar-refractivity contribution in [2.75, 3.05) is 23.8 Å². The molecule has 2 aliphatic rings. The summed E-state index contributed by atoms with van der Waals surface area (Å²) in [5, 5.41) is 27.2. The lowest BCUT2D eigenvalue weighted by Crippen LogP contribution is -2.25. The Bertz CT molecular complexity index is 547. The maximum absolute atomic E-state index is 11.3. The Morgan fingerprint density at radius 2 is 2.29 bits per heavy atom. The van der Waals surface area contributed by atoms with E-state index in [1.807, 2.05) is 0 Å². The summed E-state index contributed by atoms with van der Waals surface area (Å²) in [6.45, 7) is 1.01. The van der Waals surface area contributed by atoms with Crippen LogP contribution in [-0.4, -0.2) is 29.2 Å². The van der Waals surface area contributed by atoms with E-state index in [4.69, 9.17) is 5.11 Å². The first-order chi connectivity index (χ1) is 10.2. The van der Waals surface area contributed by atoms with E-state index in [1.165, 1.54) is 0 Å². The van der Waals surface area contributed by atoms with Crippen LogP contribution in [0.2, 0.25) is 0 Å². The maximum atomic E-state index is 11.3. The Morgan fingerprint density at radius 3 is 3.05 bits per heavy atom. The van der Waals surface area contributed by atoms with Crippen LogP contribution in [0.25, 0.3) is 0 Å². The van der Waals surface area contributed by atoms with Crippen LogP contribution in [0, 0.1) is 16.0 Å². The Balaban J connectivity index is 1.90. The first-order valence-electron chi connectivity index (χ1n) is 7.62. The number of fused-ring (bicyclic) bond motifs is 1. The number of nitrogens with zero attached hydrogens (tertiary/aromatic N) is 1. The van der Waals surface area contributed by atoms with E-state index < -0.39 is 0 Å². The Labute approximate surface area is 123 Å². The fourth-order valence-corrected chi connectivity index (χ4v) is 3.62. The normalized spacial score (nSPS) is 23.7. The van der Waals surface area contributed by atoms with Gasteiger partial charge in [0, 0.05) is 36.5 Å². The van der Waals surface area contributed by atoms with Gasteiger partial charge in [-0.2, -0.15) is 0 Å². The predicted octanol–water partition coefficient (Wildman–Crippen LogP) is 2.53. The van der Waals surface area contributed by atoms with Crippen LogP contribution in [0.1, 0.15) is 31.2 Å². The van der Waals surface area contributed by atoms with Crippen LogP contribution in [-0.2, 0) is 6.42 Å². The zero-order chi connectivity index (χ0) is 14.8. The van der Waals surface area contributed by atoms with E-state index in [0.29, 0.717) is 11.6 Å². The lowest BCUT2D eigenvalue weighted by molar-refractivity contribution is -0.384. The molecular weight excluding hydrogens is 270 g/mol. The van der Waals surface area contributed by atoms with Crippen LogP contribution >= 0.6 is 0 Å². The molecule has 1 fully saturated rings. The summed E-state index contributed by atoms with van der Waals surface area (Å²) < 4.78 is 0. The number of hydrogen-bond donors (Lipinski definition) is 3. The number of aliphatic hydroxyl groups is 1. The molecule has 21 heavy (non-hydrogen) atoms. The van der Waals surface area contributed by atoms with Gasteiger partial charge in [-0.15, -0.1) is 0 Å². The monoisotopic (exact) mass is 291 g/mol. The van der Waals surface area contributed by atoms with E-state index >= 15 is 0 Å². The number of hydrogen-bond acceptors (Lipinski definition) is 5. The van der Waals surface area contributed by atoms with E-state index in [-0.39, 0.29) is 23.3 Å². The second-order valence-electron chi connectivity index (χ2n) is 5.87. The number of nitro groups is 1. The zero-order valence-corrected chi connectivity index (χ0v) is 12.0. The summed E-state index contributed by atoms with van der Waals surface area (Å²) in [6.07, 6.45) is 4.79. The molecule has 1 aliphatic carbocycles. The van der Waals surface area contributed by atoms with E-state index in [0.717, 1.165) is 49.9 Å². The molecule has 0 saturated heterocycles. The fourth-order valence-electron chi connectivity index (χ4n) is 3.62. The van der Waals surface area contributed by atoms with Crippen LogP contribution in [0.4, 0.5) is 17.1 Å². The maximum Gasteiger partial charge on any atom is 0.292 e. The first-order valence-corrected chi connectivity index (χ1v) is 7.62. The average molecular weight is 291 g/mol. The molecule has 1 saturated carbocycles. The molecule has 6 nitrogen and oxygen atoms in total. The van der Waals surface area contributed by atoms with Crippen molar-refractivity contribution in [1.29, 1.82) is 0 Å². The van der Waals surface area contributed by atoms with Gasteiger partial charge in [0.15, 0.2) is 0 Å². The van der Waals surface area contributed by atoms with Gasteiger partial charge in [-0.05, 0) is 37.7 Å². The van der Waals surface area contributed by atoms with Crippen molar-refractivity contribution in [2.45, 2.75) is 38.1 Å². The molecule has 1 aromatic carbocycles. The van der Waals surface area contributed by atoms with Gasteiger partial charge in [-0.25, -0.2) is 0 Å². The van der Waals surface area contributed by atoms with E-state index in [1.54, 1.807) is 12.1 Å². The molecule has 0 aromatic heterocycles. The van der Waals surface area contributed by atoms with Gasteiger partial charge in [-0.1, -0.05) is 6.42 Å². The minimum absolute atomic E-state index is 0.159. The molecule has 6 heteroatoms. The van der Waals surface area contributed by atoms with Crippen LogP contribution < -0.4 is 10.6 Å². The van der Waals surface area contributed by atoms with Crippen LogP contribution in [0.5, 0.6) is 0 Å². The Morgan fingerprint density at radius 1 is 1.43 bits per heavy atom. The zero-order valence-electron chi connectivity index (χ0n) is 12.0. The summed E-state index contributed by atoms with van der Waals surface area (Å²) in [7, 11) is 0. The van der Waals surface area contributed by atoms with Gasteiger partial charge < -0.3 is 15.7 Å². The second kappa shape index (κ2) is 5.89. The first kappa shape index (κ1) is 14.1. The molecule has 1 heterocycles. The van der Waals surface area contributed by atoms with E-state index in [9.17, 15) is 10.1 Å². The van der Waals surface area contributed by atoms with Gasteiger partial charge in [0.25, 0.3) is 5.69 Å². The van der Waals surface area contributed by atoms with E-state index in [2.05, 4.69) is 10.6 Å². The fraction of sp³-hybridized carbons (Fsp3) is 0.600. The van der Waals surface area contributed by atoms with Crippen molar-refractivity contribution in [3.05, 3.63) is 27.8 Å². The van der Waals surface area contributed by atoms with Gasteiger partial charge >= 0.3 is 0 Å². The molecule has 3 N–H and O–H groups in total. The number of nitro benzene ring substituents is 1. The van der Waals surface area contributed by atoms with Crippen molar-refractivity contribution in [3.8, 4) is 0 Å². The van der Waals surface area contributed by atoms with Crippen LogP contribution in [0.15, 0.2) is 12.1 Å². The average Bonchev–Trinajstić information content (AvgIpc) is 3.08. The molecule has 2 atom stereocenters. The highest BCUT2D eigenvalue weighted by atomic mass is 16.6. The highest BCUT2D eigenvalue weighted by molar-refractivity contribution is 5.77. The van der Waals surface area contributed by atoms with Crippen LogP contribution in [0.3, 0.4) is 0 Å². The van der Waals surface area contributed by atoms with Crippen molar-refractivity contribution in [1.82, 2.24) is 0 Å². The number of rotatable bonds is 5. The van der Waals surface area contributed by atoms with Gasteiger partial charge in [0.05, 0.1) is 4.92 Å². The Kier molecular flexibility index (Phi) is 3.96.